The monoisotopic (exact) mass is 529 g/mol. The molecule has 4 heterocycles. The van der Waals surface area contributed by atoms with Crippen molar-refractivity contribution >= 4 is 40.0 Å². The van der Waals surface area contributed by atoms with Crippen molar-refractivity contribution in [3.8, 4) is 0 Å². The highest BCUT2D eigenvalue weighted by Crippen LogP contribution is 2.46. The van der Waals surface area contributed by atoms with Crippen molar-refractivity contribution in [3.05, 3.63) is 61.7 Å². The lowest BCUT2D eigenvalue weighted by Gasteiger charge is -2.37. The number of aliphatic hydroxyl groups is 1. The number of Topliss-reactive ketones (excluding diaryl/α,β-unsaturated/α-hetero) is 1. The normalized spacial score (nSPS) is 18.5. The summed E-state index contributed by atoms with van der Waals surface area (Å²) in [6.07, 6.45) is -0.797. The number of halogens is 1. The summed E-state index contributed by atoms with van der Waals surface area (Å²) < 4.78 is 18.7. The van der Waals surface area contributed by atoms with Crippen molar-refractivity contribution in [1.82, 2.24) is 14.0 Å². The average molecular weight is 530 g/mol. The van der Waals surface area contributed by atoms with Gasteiger partial charge in [0.05, 0.1) is 27.2 Å². The van der Waals surface area contributed by atoms with E-state index in [2.05, 4.69) is 4.90 Å². The Bertz CT molecular complexity index is 1480. The van der Waals surface area contributed by atoms with Gasteiger partial charge >= 0.3 is 5.82 Å². The Hall–Kier alpha value is -3.22. The van der Waals surface area contributed by atoms with Crippen molar-refractivity contribution in [2.24, 2.45) is 0 Å². The largest absolute Gasteiger partial charge is 0.388 e. The van der Waals surface area contributed by atoms with Crippen LogP contribution >= 0.6 is 11.8 Å². The number of aromatic nitrogens is 2. The molecule has 0 aliphatic carbocycles. The minimum absolute atomic E-state index is 0.0348. The first-order valence-electron chi connectivity index (χ1n) is 12.1. The fourth-order valence-corrected chi connectivity index (χ4v) is 6.49. The molecule has 2 aliphatic heterocycles. The summed E-state index contributed by atoms with van der Waals surface area (Å²) in [5.41, 5.74) is 1.42. The maximum Gasteiger partial charge on any atom is 0.323 e. The molecule has 1 fully saturated rings. The SMILES string of the molecule is CC(=O)c1c2n(c3cc(N4CCN(CC(O)Cn5c(C)ccc5[N+](=O)[O-])CC4)c(F)cc3c1=O)C(C)S2. The molecule has 1 aromatic carbocycles. The molecule has 0 amide bonds. The molecule has 2 aliphatic rings. The molecular weight excluding hydrogens is 501 g/mol. The number of hydrogen-bond donors (Lipinski definition) is 1. The van der Waals surface area contributed by atoms with Crippen LogP contribution < -0.4 is 10.3 Å². The van der Waals surface area contributed by atoms with Gasteiger partial charge in [0.25, 0.3) is 0 Å². The second-order valence-corrected chi connectivity index (χ2v) is 10.9. The first-order valence-corrected chi connectivity index (χ1v) is 13.0. The van der Waals surface area contributed by atoms with E-state index < -0.39 is 22.3 Å². The molecule has 2 aromatic heterocycles. The molecule has 10 nitrogen and oxygen atoms in total. The van der Waals surface area contributed by atoms with Gasteiger partial charge in [-0.2, -0.15) is 0 Å². The summed E-state index contributed by atoms with van der Waals surface area (Å²) in [5.74, 6) is -0.881. The van der Waals surface area contributed by atoms with Crippen molar-refractivity contribution in [2.75, 3.05) is 37.6 Å². The number of hydrogen-bond acceptors (Lipinski definition) is 8. The van der Waals surface area contributed by atoms with E-state index in [1.54, 1.807) is 19.1 Å². The Balaban J connectivity index is 1.31. The Morgan fingerprint density at radius 2 is 1.95 bits per heavy atom. The number of pyridine rings is 1. The molecule has 12 heteroatoms. The van der Waals surface area contributed by atoms with Crippen LogP contribution in [0.4, 0.5) is 15.9 Å². The molecular formula is C25H28FN5O5S. The summed E-state index contributed by atoms with van der Waals surface area (Å²) in [4.78, 5) is 39.8. The average Bonchev–Trinajstić information content (AvgIpc) is 3.19. The Kier molecular flexibility index (Phi) is 6.59. The van der Waals surface area contributed by atoms with Crippen molar-refractivity contribution in [1.29, 1.82) is 0 Å². The summed E-state index contributed by atoms with van der Waals surface area (Å²) >= 11 is 1.46. The van der Waals surface area contributed by atoms with E-state index >= 15 is 4.39 Å². The summed E-state index contributed by atoms with van der Waals surface area (Å²) in [5, 5.41) is 22.7. The maximum absolute atomic E-state index is 15.2. The summed E-state index contributed by atoms with van der Waals surface area (Å²) in [7, 11) is 0. The van der Waals surface area contributed by atoms with Gasteiger partial charge in [-0.15, -0.1) is 0 Å². The molecule has 196 valence electrons. The molecule has 2 atom stereocenters. The quantitative estimate of drug-likeness (QED) is 0.282. The fraction of sp³-hybridized carbons (Fsp3) is 0.440. The number of nitrogens with zero attached hydrogens (tertiary/aromatic N) is 5. The van der Waals surface area contributed by atoms with Gasteiger partial charge in [-0.25, -0.2) is 8.96 Å². The molecule has 5 rings (SSSR count). The highest BCUT2D eigenvalue weighted by Gasteiger charge is 2.32. The number of aliphatic hydroxyl groups excluding tert-OH is 1. The number of carbonyl (C=O) groups excluding carboxylic acids is 1. The third-order valence-corrected chi connectivity index (χ3v) is 8.34. The van der Waals surface area contributed by atoms with Gasteiger partial charge in [0.1, 0.15) is 24.2 Å². The van der Waals surface area contributed by atoms with Gasteiger partial charge in [-0.05, 0) is 43.9 Å². The second kappa shape index (κ2) is 9.58. The first kappa shape index (κ1) is 25.4. The number of anilines is 1. The van der Waals surface area contributed by atoms with E-state index in [1.807, 2.05) is 16.4 Å². The van der Waals surface area contributed by atoms with Crippen LogP contribution in [-0.4, -0.2) is 68.7 Å². The topological polar surface area (TPSA) is 114 Å². The van der Waals surface area contributed by atoms with E-state index in [0.29, 0.717) is 54.6 Å². The van der Waals surface area contributed by atoms with Crippen LogP contribution in [0.25, 0.3) is 10.9 Å². The first-order chi connectivity index (χ1) is 17.6. The van der Waals surface area contributed by atoms with Gasteiger partial charge in [0.15, 0.2) is 5.78 Å². The van der Waals surface area contributed by atoms with Gasteiger partial charge in [-0.3, -0.25) is 14.5 Å². The van der Waals surface area contributed by atoms with Crippen LogP contribution in [0.1, 0.15) is 35.3 Å². The van der Waals surface area contributed by atoms with E-state index in [0.717, 1.165) is 0 Å². The molecule has 0 radical (unpaired) electrons. The number of piperazine rings is 1. The number of nitro groups is 1. The molecule has 0 saturated carbocycles. The van der Waals surface area contributed by atoms with Crippen LogP contribution in [0.15, 0.2) is 34.1 Å². The van der Waals surface area contributed by atoms with Crippen molar-refractivity contribution in [2.45, 2.75) is 43.8 Å². The van der Waals surface area contributed by atoms with Crippen molar-refractivity contribution < 1.29 is 19.2 Å². The smallest absolute Gasteiger partial charge is 0.323 e. The molecule has 0 bridgehead atoms. The number of rotatable bonds is 7. The zero-order valence-corrected chi connectivity index (χ0v) is 21.6. The lowest BCUT2D eigenvalue weighted by Crippen LogP contribution is -2.49. The van der Waals surface area contributed by atoms with Gasteiger partial charge in [0.2, 0.25) is 5.43 Å². The number of carbonyl (C=O) groups is 1. The van der Waals surface area contributed by atoms with E-state index in [4.69, 9.17) is 0 Å². The number of β-amino-alcohol motifs (C(OH)–C–C–N with tert-alkyl or cyclic N) is 1. The van der Waals surface area contributed by atoms with Crippen LogP contribution in [0, 0.1) is 22.9 Å². The zero-order chi connectivity index (χ0) is 26.6. The molecule has 3 aromatic rings. The molecule has 2 unspecified atom stereocenters. The van der Waals surface area contributed by atoms with E-state index in [9.17, 15) is 24.8 Å². The third kappa shape index (κ3) is 4.42. The summed E-state index contributed by atoms with van der Waals surface area (Å²) in [6.45, 7) is 7.75. The minimum atomic E-state index is -0.797. The fourth-order valence-electron chi connectivity index (χ4n) is 5.28. The van der Waals surface area contributed by atoms with E-state index in [-0.39, 0.29) is 34.5 Å². The van der Waals surface area contributed by atoms with E-state index in [1.165, 1.54) is 35.4 Å². The molecule has 1 saturated heterocycles. The Morgan fingerprint density at radius 3 is 2.57 bits per heavy atom. The van der Waals surface area contributed by atoms with Crippen LogP contribution in [-0.2, 0) is 6.54 Å². The predicted octanol–water partition coefficient (Wildman–Crippen LogP) is 3.17. The van der Waals surface area contributed by atoms with Crippen LogP contribution in [0.3, 0.4) is 0 Å². The minimum Gasteiger partial charge on any atom is -0.388 e. The van der Waals surface area contributed by atoms with Gasteiger partial charge in [0, 0.05) is 44.2 Å². The molecule has 37 heavy (non-hydrogen) atoms. The van der Waals surface area contributed by atoms with Gasteiger partial charge in [-0.1, -0.05) is 11.8 Å². The predicted molar refractivity (Wildman–Crippen MR) is 139 cm³/mol. The second-order valence-electron chi connectivity index (χ2n) is 9.62. The van der Waals surface area contributed by atoms with Crippen LogP contribution in [0.2, 0.25) is 0 Å². The number of fused-ring (bicyclic) bond motifs is 3. The standard InChI is InChI=1S/C25H28FN5O5S/c1-14-4-5-22(31(35)36)29(14)13-17(33)12-27-6-8-28(9-7-27)21-11-20-18(10-19(21)26)24(34)23(15(2)32)25-30(20)16(3)37-25/h4-5,10-11,16-17,33H,6-9,12-13H2,1-3H3. The Labute approximate surface area is 216 Å². The van der Waals surface area contributed by atoms with Crippen molar-refractivity contribution in [3.63, 3.8) is 0 Å². The lowest BCUT2D eigenvalue weighted by molar-refractivity contribution is -0.392. The van der Waals surface area contributed by atoms with Gasteiger partial charge < -0.3 is 24.7 Å². The molecule has 1 N–H and O–H groups in total. The number of thioether (sulfide) groups is 1. The summed E-state index contributed by atoms with van der Waals surface area (Å²) in [6, 6.07) is 6.03. The zero-order valence-electron chi connectivity index (χ0n) is 20.8. The highest BCUT2D eigenvalue weighted by molar-refractivity contribution is 8.00. The number of aryl methyl sites for hydroxylation is 1. The number of benzene rings is 1. The highest BCUT2D eigenvalue weighted by atomic mass is 32.2. The van der Waals surface area contributed by atoms with Crippen LogP contribution in [0.5, 0.6) is 0 Å². The third-order valence-electron chi connectivity index (χ3n) is 7.17. The molecule has 0 spiro atoms. The number of ketones is 1. The lowest BCUT2D eigenvalue weighted by atomic mass is 10.1. The maximum atomic E-state index is 15.2. The Morgan fingerprint density at radius 1 is 1.24 bits per heavy atom.